The Hall–Kier alpha value is -3.10. The molecule has 2 aromatic rings. The number of benzene rings is 1. The molecule has 3 amide bonds. The molecule has 2 aliphatic rings. The molecular weight excluding hydrogens is 365 g/mol. The monoisotopic (exact) mass is 387 g/mol. The maximum atomic E-state index is 13.8. The smallest absolute Gasteiger partial charge is 0.410 e. The number of ether oxygens (including phenoxy) is 1. The average molecular weight is 387 g/mol. The van der Waals surface area contributed by atoms with Gasteiger partial charge in [0.15, 0.2) is 0 Å². The van der Waals surface area contributed by atoms with Gasteiger partial charge in [-0.05, 0) is 18.9 Å². The van der Waals surface area contributed by atoms with Gasteiger partial charge < -0.3 is 19.9 Å². The summed E-state index contributed by atoms with van der Waals surface area (Å²) < 4.78 is 20.9. The summed E-state index contributed by atoms with van der Waals surface area (Å²) in [6.45, 7) is 1.71. The molecule has 2 saturated heterocycles. The molecule has 1 N–H and O–H groups in total. The van der Waals surface area contributed by atoms with Crippen molar-refractivity contribution in [2.24, 2.45) is 0 Å². The SMILES string of the molecule is CN1C[C@@]2(CCCN(C(=O)Nc3cnn(Cc4ccccc4F)c3)C2)OC1=O. The van der Waals surface area contributed by atoms with Gasteiger partial charge in [0.1, 0.15) is 11.4 Å². The molecule has 0 aliphatic carbocycles. The predicted octanol–water partition coefficient (Wildman–Crippen LogP) is 2.52. The van der Waals surface area contributed by atoms with E-state index in [4.69, 9.17) is 4.74 Å². The molecule has 2 aliphatic heterocycles. The first-order chi connectivity index (χ1) is 13.4. The van der Waals surface area contributed by atoms with Gasteiger partial charge in [-0.25, -0.2) is 14.0 Å². The number of carbonyl (C=O) groups is 2. The van der Waals surface area contributed by atoms with Crippen molar-refractivity contribution in [2.45, 2.75) is 25.0 Å². The van der Waals surface area contributed by atoms with Crippen LogP contribution in [0.3, 0.4) is 0 Å². The zero-order chi connectivity index (χ0) is 19.7. The number of anilines is 1. The summed E-state index contributed by atoms with van der Waals surface area (Å²) in [5.41, 5.74) is 0.423. The molecule has 3 heterocycles. The van der Waals surface area contributed by atoms with Gasteiger partial charge in [0.2, 0.25) is 0 Å². The Morgan fingerprint density at radius 3 is 2.93 bits per heavy atom. The number of aromatic nitrogens is 2. The number of carbonyl (C=O) groups excluding carboxylic acids is 2. The number of nitrogens with zero attached hydrogens (tertiary/aromatic N) is 4. The molecule has 9 heteroatoms. The summed E-state index contributed by atoms with van der Waals surface area (Å²) in [5.74, 6) is -0.293. The van der Waals surface area contributed by atoms with Crippen molar-refractivity contribution in [1.29, 1.82) is 0 Å². The van der Waals surface area contributed by atoms with E-state index in [1.54, 1.807) is 41.0 Å². The van der Waals surface area contributed by atoms with Gasteiger partial charge in [-0.3, -0.25) is 4.68 Å². The van der Waals surface area contributed by atoms with Crippen LogP contribution in [0.5, 0.6) is 0 Å². The van der Waals surface area contributed by atoms with E-state index < -0.39 is 5.60 Å². The number of likely N-dealkylation sites (N-methyl/N-ethyl adjacent to an activating group) is 1. The number of urea groups is 1. The molecule has 4 rings (SSSR count). The third kappa shape index (κ3) is 3.64. The first kappa shape index (κ1) is 18.3. The zero-order valence-electron chi connectivity index (χ0n) is 15.6. The predicted molar refractivity (Wildman–Crippen MR) is 99.4 cm³/mol. The van der Waals surface area contributed by atoms with E-state index in [1.807, 2.05) is 0 Å². The molecule has 148 valence electrons. The molecule has 0 saturated carbocycles. The molecule has 1 spiro atoms. The Labute approximate surface area is 161 Å². The van der Waals surface area contributed by atoms with Gasteiger partial charge >= 0.3 is 12.1 Å². The minimum Gasteiger partial charge on any atom is -0.439 e. The van der Waals surface area contributed by atoms with Crippen molar-refractivity contribution in [2.75, 3.05) is 32.0 Å². The highest BCUT2D eigenvalue weighted by Crippen LogP contribution is 2.31. The summed E-state index contributed by atoms with van der Waals surface area (Å²) in [6, 6.07) is 6.24. The van der Waals surface area contributed by atoms with E-state index in [2.05, 4.69) is 10.4 Å². The van der Waals surface area contributed by atoms with Crippen LogP contribution in [0.25, 0.3) is 0 Å². The van der Waals surface area contributed by atoms with Gasteiger partial charge in [-0.1, -0.05) is 18.2 Å². The quantitative estimate of drug-likeness (QED) is 0.878. The molecule has 0 unspecified atom stereocenters. The number of hydrogen-bond donors (Lipinski definition) is 1. The van der Waals surface area contributed by atoms with Crippen molar-refractivity contribution >= 4 is 17.8 Å². The molecule has 1 aromatic carbocycles. The number of likely N-dealkylation sites (tertiary alicyclic amines) is 1. The Morgan fingerprint density at radius 1 is 1.36 bits per heavy atom. The van der Waals surface area contributed by atoms with Gasteiger partial charge in [0.25, 0.3) is 0 Å². The minimum atomic E-state index is -0.629. The van der Waals surface area contributed by atoms with Crippen LogP contribution in [-0.4, -0.2) is 64.0 Å². The maximum Gasteiger partial charge on any atom is 0.410 e. The number of hydrogen-bond acceptors (Lipinski definition) is 4. The molecule has 8 nitrogen and oxygen atoms in total. The van der Waals surface area contributed by atoms with Crippen LogP contribution in [0, 0.1) is 5.82 Å². The topological polar surface area (TPSA) is 79.7 Å². The van der Waals surface area contributed by atoms with E-state index in [0.717, 1.165) is 12.8 Å². The fourth-order valence-corrected chi connectivity index (χ4v) is 3.79. The van der Waals surface area contributed by atoms with Gasteiger partial charge in [-0.15, -0.1) is 0 Å². The van der Waals surface area contributed by atoms with E-state index in [9.17, 15) is 14.0 Å². The molecule has 0 bridgehead atoms. The van der Waals surface area contributed by atoms with E-state index in [0.29, 0.717) is 30.9 Å². The molecular formula is C19H22FN5O3. The Balaban J connectivity index is 1.38. The lowest BCUT2D eigenvalue weighted by Crippen LogP contribution is -2.53. The normalized spacial score (nSPS) is 21.9. The summed E-state index contributed by atoms with van der Waals surface area (Å²) in [4.78, 5) is 27.6. The van der Waals surface area contributed by atoms with Crippen LogP contribution in [0.15, 0.2) is 36.7 Å². The third-order valence-electron chi connectivity index (χ3n) is 5.14. The van der Waals surface area contributed by atoms with Crippen LogP contribution < -0.4 is 5.32 Å². The fraction of sp³-hybridized carbons (Fsp3) is 0.421. The van der Waals surface area contributed by atoms with Crippen LogP contribution in [0.2, 0.25) is 0 Å². The summed E-state index contributed by atoms with van der Waals surface area (Å²) in [7, 11) is 1.69. The third-order valence-corrected chi connectivity index (χ3v) is 5.14. The second-order valence-electron chi connectivity index (χ2n) is 7.38. The highest BCUT2D eigenvalue weighted by Gasteiger charge is 2.47. The maximum absolute atomic E-state index is 13.8. The number of halogens is 1. The van der Waals surface area contributed by atoms with Crippen LogP contribution >= 0.6 is 0 Å². The first-order valence-corrected chi connectivity index (χ1v) is 9.20. The van der Waals surface area contributed by atoms with E-state index >= 15 is 0 Å². The van der Waals surface area contributed by atoms with E-state index in [-0.39, 0.29) is 24.5 Å². The van der Waals surface area contributed by atoms with Crippen LogP contribution in [-0.2, 0) is 11.3 Å². The number of rotatable bonds is 3. The summed E-state index contributed by atoms with van der Waals surface area (Å²) in [6.07, 6.45) is 4.35. The Morgan fingerprint density at radius 2 is 2.18 bits per heavy atom. The molecule has 1 atom stereocenters. The average Bonchev–Trinajstić information content (AvgIpc) is 3.21. The summed E-state index contributed by atoms with van der Waals surface area (Å²) >= 11 is 0. The van der Waals surface area contributed by atoms with Crippen molar-refractivity contribution in [1.82, 2.24) is 19.6 Å². The molecule has 1 aromatic heterocycles. The van der Waals surface area contributed by atoms with Crippen molar-refractivity contribution in [3.05, 3.63) is 48.0 Å². The van der Waals surface area contributed by atoms with Gasteiger partial charge in [0, 0.05) is 25.4 Å². The van der Waals surface area contributed by atoms with Crippen LogP contribution in [0.1, 0.15) is 18.4 Å². The lowest BCUT2D eigenvalue weighted by Gasteiger charge is -2.38. The summed E-state index contributed by atoms with van der Waals surface area (Å²) in [5, 5.41) is 7.00. The number of nitrogens with one attached hydrogen (secondary N) is 1. The number of piperidine rings is 1. The van der Waals surface area contributed by atoms with Gasteiger partial charge in [0.05, 0.1) is 31.5 Å². The van der Waals surface area contributed by atoms with Crippen LogP contribution in [0.4, 0.5) is 19.7 Å². The van der Waals surface area contributed by atoms with E-state index in [1.165, 1.54) is 17.2 Å². The van der Waals surface area contributed by atoms with Crippen molar-refractivity contribution in [3.63, 3.8) is 0 Å². The zero-order valence-corrected chi connectivity index (χ0v) is 15.6. The lowest BCUT2D eigenvalue weighted by atomic mass is 9.93. The Bertz CT molecular complexity index is 901. The Kier molecular flexibility index (Phi) is 4.66. The molecule has 2 fully saturated rings. The van der Waals surface area contributed by atoms with Crippen molar-refractivity contribution in [3.8, 4) is 0 Å². The largest absolute Gasteiger partial charge is 0.439 e. The molecule has 0 radical (unpaired) electrons. The standard InChI is InChI=1S/C19H22FN5O3/c1-23-12-19(28-18(23)27)7-4-8-24(13-19)17(26)22-15-9-21-25(11-15)10-14-5-2-3-6-16(14)20/h2-3,5-6,9,11H,4,7-8,10,12-13H2,1H3,(H,22,26)/t19-/m1/s1. The fourth-order valence-electron chi connectivity index (χ4n) is 3.79. The van der Waals surface area contributed by atoms with Gasteiger partial charge in [-0.2, -0.15) is 5.10 Å². The minimum absolute atomic E-state index is 0.268. The highest BCUT2D eigenvalue weighted by molar-refractivity contribution is 5.89. The lowest BCUT2D eigenvalue weighted by molar-refractivity contribution is 0.00497. The van der Waals surface area contributed by atoms with Crippen molar-refractivity contribution < 1.29 is 18.7 Å². The first-order valence-electron chi connectivity index (χ1n) is 9.20. The second kappa shape index (κ2) is 7.14. The second-order valence-corrected chi connectivity index (χ2v) is 7.38. The highest BCUT2D eigenvalue weighted by atomic mass is 19.1. The number of amides is 3. The molecule has 28 heavy (non-hydrogen) atoms.